The molecule has 0 spiro atoms. The molecular weight excluding hydrogens is 308 g/mol. The summed E-state index contributed by atoms with van der Waals surface area (Å²) in [6.07, 6.45) is 4.71. The Kier molecular flexibility index (Phi) is 5.11. The molecule has 23 heavy (non-hydrogen) atoms. The molecule has 2 aromatic carbocycles. The van der Waals surface area contributed by atoms with E-state index in [1.165, 1.54) is 5.56 Å². The molecule has 0 bridgehead atoms. The number of hydrogen-bond donors (Lipinski definition) is 1. The number of aromatic nitrogens is 2. The predicted molar refractivity (Wildman–Crippen MR) is 92.5 cm³/mol. The van der Waals surface area contributed by atoms with Gasteiger partial charge in [-0.2, -0.15) is 0 Å². The van der Waals surface area contributed by atoms with Crippen molar-refractivity contribution < 1.29 is 5.11 Å². The lowest BCUT2D eigenvalue weighted by Gasteiger charge is -2.12. The maximum atomic E-state index is 10.3. The Bertz CT molecular complexity index is 738. The summed E-state index contributed by atoms with van der Waals surface area (Å²) in [4.78, 5) is 4.24. The van der Waals surface area contributed by atoms with Crippen LogP contribution in [0.3, 0.4) is 0 Å². The van der Waals surface area contributed by atoms with Crippen molar-refractivity contribution in [3.8, 4) is 0 Å². The van der Waals surface area contributed by atoms with Gasteiger partial charge in [0.15, 0.2) is 0 Å². The topological polar surface area (TPSA) is 38.1 Å². The predicted octanol–water partition coefficient (Wildman–Crippen LogP) is 4.25. The smallest absolute Gasteiger partial charge is 0.0951 e. The Morgan fingerprint density at radius 3 is 2.52 bits per heavy atom. The van der Waals surface area contributed by atoms with E-state index in [0.717, 1.165) is 29.2 Å². The maximum Gasteiger partial charge on any atom is 0.0951 e. The molecule has 0 saturated heterocycles. The van der Waals surface area contributed by atoms with Crippen molar-refractivity contribution in [3.63, 3.8) is 0 Å². The zero-order valence-corrected chi connectivity index (χ0v) is 13.5. The molecule has 0 amide bonds. The molecule has 0 aliphatic carbocycles. The van der Waals surface area contributed by atoms with Crippen LogP contribution in [0.15, 0.2) is 67.1 Å². The fourth-order valence-electron chi connectivity index (χ4n) is 2.61. The van der Waals surface area contributed by atoms with Gasteiger partial charge in [0.2, 0.25) is 0 Å². The van der Waals surface area contributed by atoms with Crippen LogP contribution >= 0.6 is 11.6 Å². The quantitative estimate of drug-likeness (QED) is 0.735. The van der Waals surface area contributed by atoms with Crippen molar-refractivity contribution >= 4 is 11.6 Å². The van der Waals surface area contributed by atoms with Gasteiger partial charge in [0.1, 0.15) is 0 Å². The number of aliphatic hydroxyl groups excluding tert-OH is 1. The van der Waals surface area contributed by atoms with Crippen molar-refractivity contribution in [2.45, 2.75) is 25.5 Å². The molecule has 0 aliphatic heterocycles. The van der Waals surface area contributed by atoms with Crippen LogP contribution in [0.2, 0.25) is 5.02 Å². The Balaban J connectivity index is 1.63. The van der Waals surface area contributed by atoms with Crippen molar-refractivity contribution in [2.75, 3.05) is 0 Å². The molecule has 0 saturated carbocycles. The average Bonchev–Trinajstić information content (AvgIpc) is 3.02. The van der Waals surface area contributed by atoms with E-state index in [1.807, 2.05) is 67.1 Å². The average molecular weight is 327 g/mol. The van der Waals surface area contributed by atoms with Gasteiger partial charge in [-0.25, -0.2) is 4.98 Å². The summed E-state index contributed by atoms with van der Waals surface area (Å²) in [6, 6.07) is 17.6. The molecule has 3 aromatic rings. The molecule has 1 aromatic heterocycles. The van der Waals surface area contributed by atoms with E-state index >= 15 is 0 Å². The van der Waals surface area contributed by atoms with E-state index in [-0.39, 0.29) is 0 Å². The van der Waals surface area contributed by atoms with Gasteiger partial charge in [-0.05, 0) is 36.1 Å². The Hall–Kier alpha value is -2.10. The lowest BCUT2D eigenvalue weighted by Crippen LogP contribution is -2.06. The number of hydrogen-bond acceptors (Lipinski definition) is 2. The maximum absolute atomic E-state index is 10.3. The van der Waals surface area contributed by atoms with E-state index in [9.17, 15) is 5.11 Å². The molecule has 3 nitrogen and oxygen atoms in total. The fourth-order valence-corrected chi connectivity index (χ4v) is 2.74. The van der Waals surface area contributed by atoms with E-state index in [1.54, 1.807) is 0 Å². The highest BCUT2D eigenvalue weighted by Crippen LogP contribution is 2.19. The van der Waals surface area contributed by atoms with Crippen LogP contribution in [-0.2, 0) is 13.0 Å². The largest absolute Gasteiger partial charge is 0.388 e. The summed E-state index contributed by atoms with van der Waals surface area (Å²) in [5.41, 5.74) is 3.25. The zero-order valence-electron chi connectivity index (χ0n) is 12.8. The molecule has 1 N–H and O–H groups in total. The number of aliphatic hydroxyl groups is 1. The van der Waals surface area contributed by atoms with Gasteiger partial charge in [0.05, 0.1) is 12.4 Å². The van der Waals surface area contributed by atoms with Crippen molar-refractivity contribution in [1.82, 2.24) is 9.55 Å². The SMILES string of the molecule is OC(CCc1cncn1Cc1ccc(Cl)cc1)c1ccccc1. The molecule has 1 unspecified atom stereocenters. The van der Waals surface area contributed by atoms with E-state index < -0.39 is 6.10 Å². The summed E-state index contributed by atoms with van der Waals surface area (Å²) in [7, 11) is 0. The van der Waals surface area contributed by atoms with Crippen LogP contribution < -0.4 is 0 Å². The first-order valence-electron chi connectivity index (χ1n) is 7.69. The molecule has 0 fully saturated rings. The third-order valence-electron chi connectivity index (χ3n) is 3.92. The van der Waals surface area contributed by atoms with E-state index in [4.69, 9.17) is 11.6 Å². The second kappa shape index (κ2) is 7.44. The first kappa shape index (κ1) is 15.8. The normalized spacial score (nSPS) is 12.3. The molecular formula is C19H19ClN2O. The van der Waals surface area contributed by atoms with Gasteiger partial charge < -0.3 is 9.67 Å². The van der Waals surface area contributed by atoms with Crippen LogP contribution in [0, 0.1) is 0 Å². The van der Waals surface area contributed by atoms with Crippen LogP contribution in [0.4, 0.5) is 0 Å². The molecule has 118 valence electrons. The Morgan fingerprint density at radius 1 is 1.04 bits per heavy atom. The molecule has 3 rings (SSSR count). The Morgan fingerprint density at radius 2 is 1.78 bits per heavy atom. The highest BCUT2D eigenvalue weighted by atomic mass is 35.5. The first-order valence-corrected chi connectivity index (χ1v) is 8.06. The highest BCUT2D eigenvalue weighted by Gasteiger charge is 2.10. The number of benzene rings is 2. The van der Waals surface area contributed by atoms with Gasteiger partial charge in [0, 0.05) is 23.5 Å². The van der Waals surface area contributed by atoms with E-state index in [2.05, 4.69) is 9.55 Å². The third-order valence-corrected chi connectivity index (χ3v) is 4.17. The lowest BCUT2D eigenvalue weighted by molar-refractivity contribution is 0.167. The van der Waals surface area contributed by atoms with Crippen LogP contribution in [0.25, 0.3) is 0 Å². The molecule has 0 aliphatic rings. The third kappa shape index (κ3) is 4.21. The fraction of sp³-hybridized carbons (Fsp3) is 0.211. The van der Waals surface area contributed by atoms with Gasteiger partial charge in [-0.1, -0.05) is 54.1 Å². The number of nitrogens with zero attached hydrogens (tertiary/aromatic N) is 2. The van der Waals surface area contributed by atoms with Crippen molar-refractivity contribution in [1.29, 1.82) is 0 Å². The summed E-state index contributed by atoms with van der Waals surface area (Å²) in [5.74, 6) is 0. The Labute approximate surface area is 141 Å². The molecule has 1 atom stereocenters. The minimum absolute atomic E-state index is 0.449. The monoisotopic (exact) mass is 326 g/mol. The van der Waals surface area contributed by atoms with Crippen molar-refractivity contribution in [2.24, 2.45) is 0 Å². The van der Waals surface area contributed by atoms with Gasteiger partial charge in [-0.3, -0.25) is 0 Å². The summed E-state index contributed by atoms with van der Waals surface area (Å²) in [5, 5.41) is 11.0. The summed E-state index contributed by atoms with van der Waals surface area (Å²) >= 11 is 5.92. The van der Waals surface area contributed by atoms with Crippen LogP contribution in [0.5, 0.6) is 0 Å². The second-order valence-corrected chi connectivity index (χ2v) is 6.04. The molecule has 0 radical (unpaired) electrons. The highest BCUT2D eigenvalue weighted by molar-refractivity contribution is 6.30. The van der Waals surface area contributed by atoms with Crippen LogP contribution in [-0.4, -0.2) is 14.7 Å². The minimum Gasteiger partial charge on any atom is -0.388 e. The van der Waals surface area contributed by atoms with Crippen molar-refractivity contribution in [3.05, 3.63) is 89.0 Å². The number of aryl methyl sites for hydroxylation is 1. The summed E-state index contributed by atoms with van der Waals surface area (Å²) in [6.45, 7) is 0.758. The molecule has 1 heterocycles. The van der Waals surface area contributed by atoms with Crippen LogP contribution in [0.1, 0.15) is 29.3 Å². The van der Waals surface area contributed by atoms with E-state index in [0.29, 0.717) is 6.42 Å². The first-order chi connectivity index (χ1) is 11.2. The minimum atomic E-state index is -0.449. The zero-order chi connectivity index (χ0) is 16.1. The standard InChI is InChI=1S/C19H19ClN2O/c20-17-8-6-15(7-9-17)13-22-14-21-12-18(22)10-11-19(23)16-4-2-1-3-5-16/h1-9,12,14,19,23H,10-11,13H2. The number of rotatable bonds is 6. The lowest BCUT2D eigenvalue weighted by atomic mass is 10.0. The number of halogens is 1. The van der Waals surface area contributed by atoms with Gasteiger partial charge in [0.25, 0.3) is 0 Å². The second-order valence-electron chi connectivity index (χ2n) is 5.60. The summed E-state index contributed by atoms with van der Waals surface area (Å²) < 4.78 is 2.11. The van der Waals surface area contributed by atoms with Gasteiger partial charge in [-0.15, -0.1) is 0 Å². The number of imidazole rings is 1. The molecule has 4 heteroatoms. The van der Waals surface area contributed by atoms with Gasteiger partial charge >= 0.3 is 0 Å².